The standard InChI is InChI=1S/C29H29N5O4S/c1-36-18-26(35)31-23-17-20(12-13-25(23)38-3)34-28(27(32-29(34)39)22-10-4-5-14-30-22)24-11-7-15-33(24)19-8-6-9-21(16-19)37-2/h4-17,27-28H,18H2,1-3H3,(H,31,35)(H,32,39). The summed E-state index contributed by atoms with van der Waals surface area (Å²) in [7, 11) is 4.69. The number of hydrogen-bond donors (Lipinski definition) is 2. The molecule has 1 aliphatic rings. The molecule has 2 aromatic carbocycles. The third-order valence-corrected chi connectivity index (χ3v) is 6.84. The van der Waals surface area contributed by atoms with E-state index in [1.807, 2.05) is 77.8 Å². The lowest BCUT2D eigenvalue weighted by atomic mass is 10.0. The van der Waals surface area contributed by atoms with Gasteiger partial charge in [0.25, 0.3) is 0 Å². The van der Waals surface area contributed by atoms with Gasteiger partial charge in [-0.1, -0.05) is 12.1 Å². The zero-order valence-electron chi connectivity index (χ0n) is 21.8. The molecule has 2 aromatic heterocycles. The van der Waals surface area contributed by atoms with Crippen LogP contribution in [0.3, 0.4) is 0 Å². The van der Waals surface area contributed by atoms with Crippen molar-refractivity contribution in [2.75, 3.05) is 38.2 Å². The predicted octanol–water partition coefficient (Wildman–Crippen LogP) is 4.65. The van der Waals surface area contributed by atoms with Crippen molar-refractivity contribution in [2.24, 2.45) is 0 Å². The van der Waals surface area contributed by atoms with E-state index in [1.165, 1.54) is 7.11 Å². The van der Waals surface area contributed by atoms with Crippen LogP contribution in [0.15, 0.2) is 85.2 Å². The Morgan fingerprint density at radius 3 is 2.62 bits per heavy atom. The van der Waals surface area contributed by atoms with Crippen LogP contribution in [-0.4, -0.2) is 48.5 Å². The first-order chi connectivity index (χ1) is 19.0. The summed E-state index contributed by atoms with van der Waals surface area (Å²) in [5.74, 6) is 1.00. The van der Waals surface area contributed by atoms with Crippen molar-refractivity contribution in [1.29, 1.82) is 0 Å². The van der Waals surface area contributed by atoms with Gasteiger partial charge in [0, 0.05) is 42.6 Å². The summed E-state index contributed by atoms with van der Waals surface area (Å²) in [5, 5.41) is 6.89. The molecule has 2 atom stereocenters. The number of amides is 1. The number of ether oxygens (including phenoxy) is 3. The first kappa shape index (κ1) is 26.2. The van der Waals surface area contributed by atoms with Crippen LogP contribution in [0.2, 0.25) is 0 Å². The zero-order chi connectivity index (χ0) is 27.4. The van der Waals surface area contributed by atoms with Crippen molar-refractivity contribution in [3.63, 3.8) is 0 Å². The summed E-state index contributed by atoms with van der Waals surface area (Å²) in [6.45, 7) is -0.0739. The highest BCUT2D eigenvalue weighted by Crippen LogP contribution is 2.44. The second kappa shape index (κ2) is 11.5. The van der Waals surface area contributed by atoms with Gasteiger partial charge in [0.05, 0.1) is 31.6 Å². The number of methoxy groups -OCH3 is 3. The van der Waals surface area contributed by atoms with Crippen LogP contribution >= 0.6 is 12.2 Å². The Balaban J connectivity index is 1.63. The summed E-state index contributed by atoms with van der Waals surface area (Å²) >= 11 is 5.90. The van der Waals surface area contributed by atoms with Gasteiger partial charge in [0.2, 0.25) is 5.91 Å². The maximum atomic E-state index is 12.4. The lowest BCUT2D eigenvalue weighted by Crippen LogP contribution is -2.30. The number of nitrogens with zero attached hydrogens (tertiary/aromatic N) is 3. The van der Waals surface area contributed by atoms with E-state index in [2.05, 4.69) is 26.3 Å². The van der Waals surface area contributed by atoms with Gasteiger partial charge < -0.3 is 34.3 Å². The first-order valence-corrected chi connectivity index (χ1v) is 12.7. The summed E-state index contributed by atoms with van der Waals surface area (Å²) in [6.07, 6.45) is 3.79. The largest absolute Gasteiger partial charge is 0.497 e. The van der Waals surface area contributed by atoms with Crippen LogP contribution in [-0.2, 0) is 9.53 Å². The van der Waals surface area contributed by atoms with Crippen LogP contribution in [0.5, 0.6) is 11.5 Å². The average Bonchev–Trinajstić information content (AvgIpc) is 3.58. The molecule has 0 saturated carbocycles. The summed E-state index contributed by atoms with van der Waals surface area (Å²) < 4.78 is 18.1. The van der Waals surface area contributed by atoms with E-state index < -0.39 is 0 Å². The third kappa shape index (κ3) is 5.29. The summed E-state index contributed by atoms with van der Waals surface area (Å²) in [6, 6.07) is 22.9. The number of benzene rings is 2. The quantitative estimate of drug-likeness (QED) is 0.295. The molecule has 1 saturated heterocycles. The number of hydrogen-bond acceptors (Lipinski definition) is 6. The number of pyridine rings is 1. The molecule has 2 unspecified atom stereocenters. The fourth-order valence-corrected chi connectivity index (χ4v) is 5.17. The van der Waals surface area contributed by atoms with Gasteiger partial charge in [-0.3, -0.25) is 9.78 Å². The summed E-state index contributed by atoms with van der Waals surface area (Å²) in [5.41, 5.74) is 4.10. The topological polar surface area (TPSA) is 89.9 Å². The number of anilines is 2. The van der Waals surface area contributed by atoms with Gasteiger partial charge >= 0.3 is 0 Å². The maximum Gasteiger partial charge on any atom is 0.250 e. The number of rotatable bonds is 9. The predicted molar refractivity (Wildman–Crippen MR) is 154 cm³/mol. The van der Waals surface area contributed by atoms with E-state index in [9.17, 15) is 4.79 Å². The van der Waals surface area contributed by atoms with E-state index in [0.717, 1.165) is 28.5 Å². The van der Waals surface area contributed by atoms with Crippen molar-refractivity contribution in [1.82, 2.24) is 14.9 Å². The van der Waals surface area contributed by atoms with Crippen LogP contribution in [0.25, 0.3) is 5.69 Å². The molecule has 1 aliphatic heterocycles. The van der Waals surface area contributed by atoms with Crippen LogP contribution in [0, 0.1) is 0 Å². The molecular formula is C29H29N5O4S. The second-order valence-corrected chi connectivity index (χ2v) is 9.25. The van der Waals surface area contributed by atoms with E-state index in [0.29, 0.717) is 16.5 Å². The fraction of sp³-hybridized carbons (Fsp3) is 0.207. The molecular weight excluding hydrogens is 514 g/mol. The third-order valence-electron chi connectivity index (χ3n) is 6.52. The highest BCUT2D eigenvalue weighted by Gasteiger charge is 2.42. The second-order valence-electron chi connectivity index (χ2n) is 8.87. The Morgan fingerprint density at radius 2 is 1.87 bits per heavy atom. The molecule has 3 heterocycles. The minimum Gasteiger partial charge on any atom is -0.497 e. The average molecular weight is 544 g/mol. The van der Waals surface area contributed by atoms with Crippen LogP contribution in [0.4, 0.5) is 11.4 Å². The Kier molecular flexibility index (Phi) is 7.76. The minimum atomic E-state index is -0.287. The first-order valence-electron chi connectivity index (χ1n) is 12.3. The van der Waals surface area contributed by atoms with Crippen molar-refractivity contribution in [3.05, 3.63) is 96.6 Å². The number of aromatic nitrogens is 2. The lowest BCUT2D eigenvalue weighted by Gasteiger charge is -2.29. The Morgan fingerprint density at radius 1 is 1.00 bits per heavy atom. The van der Waals surface area contributed by atoms with Crippen molar-refractivity contribution >= 4 is 34.6 Å². The molecule has 0 radical (unpaired) electrons. The van der Waals surface area contributed by atoms with Gasteiger partial charge in [-0.05, 0) is 66.8 Å². The molecule has 2 N–H and O–H groups in total. The Hall–Kier alpha value is -4.41. The van der Waals surface area contributed by atoms with Gasteiger partial charge in [-0.2, -0.15) is 0 Å². The van der Waals surface area contributed by atoms with Gasteiger partial charge in [-0.25, -0.2) is 0 Å². The van der Waals surface area contributed by atoms with Crippen molar-refractivity contribution in [3.8, 4) is 17.2 Å². The highest BCUT2D eigenvalue weighted by atomic mass is 32.1. The molecule has 1 fully saturated rings. The van der Waals surface area contributed by atoms with E-state index in [-0.39, 0.29) is 24.6 Å². The Bertz CT molecular complexity index is 1480. The monoisotopic (exact) mass is 543 g/mol. The summed E-state index contributed by atoms with van der Waals surface area (Å²) in [4.78, 5) is 19.1. The number of nitrogens with one attached hydrogen (secondary N) is 2. The highest BCUT2D eigenvalue weighted by molar-refractivity contribution is 7.80. The maximum absolute atomic E-state index is 12.4. The number of carbonyl (C=O) groups is 1. The number of thiocarbonyl (C=S) groups is 1. The molecule has 10 heteroatoms. The molecule has 0 spiro atoms. The smallest absolute Gasteiger partial charge is 0.250 e. The van der Waals surface area contributed by atoms with E-state index >= 15 is 0 Å². The van der Waals surface area contributed by atoms with Crippen molar-refractivity contribution in [2.45, 2.75) is 12.1 Å². The molecule has 200 valence electrons. The SMILES string of the molecule is COCC(=O)Nc1cc(N2C(=S)NC(c3ccccn3)C2c2cccn2-c2cccc(OC)c2)ccc1OC. The van der Waals surface area contributed by atoms with Gasteiger partial charge in [0.15, 0.2) is 5.11 Å². The molecule has 9 nitrogen and oxygen atoms in total. The molecule has 0 bridgehead atoms. The molecule has 4 aromatic rings. The minimum absolute atomic E-state index is 0.0739. The van der Waals surface area contributed by atoms with Crippen LogP contribution < -0.4 is 25.0 Å². The molecule has 1 amide bonds. The van der Waals surface area contributed by atoms with Gasteiger partial charge in [0.1, 0.15) is 24.1 Å². The van der Waals surface area contributed by atoms with E-state index in [1.54, 1.807) is 20.4 Å². The normalized spacial score (nSPS) is 16.6. The lowest BCUT2D eigenvalue weighted by molar-refractivity contribution is -0.119. The Labute approximate surface area is 232 Å². The molecule has 0 aliphatic carbocycles. The molecule has 5 rings (SSSR count). The van der Waals surface area contributed by atoms with E-state index in [4.69, 9.17) is 26.4 Å². The van der Waals surface area contributed by atoms with Crippen LogP contribution in [0.1, 0.15) is 23.5 Å². The number of carbonyl (C=O) groups excluding carboxylic acids is 1. The van der Waals surface area contributed by atoms with Crippen molar-refractivity contribution < 1.29 is 19.0 Å². The van der Waals surface area contributed by atoms with Gasteiger partial charge in [-0.15, -0.1) is 0 Å². The molecule has 39 heavy (non-hydrogen) atoms. The fourth-order valence-electron chi connectivity index (χ4n) is 4.82. The zero-order valence-corrected chi connectivity index (χ0v) is 22.6.